The van der Waals surface area contributed by atoms with Crippen LogP contribution in [0.2, 0.25) is 0 Å². The molecule has 94 valence electrons. The molecule has 1 heterocycles. The van der Waals surface area contributed by atoms with E-state index in [4.69, 9.17) is 0 Å². The lowest BCUT2D eigenvalue weighted by atomic mass is 10.1. The Kier molecular flexibility index (Phi) is 3.94. The van der Waals surface area contributed by atoms with Gasteiger partial charge in [0, 0.05) is 17.3 Å². The Hall–Kier alpha value is -1.88. The third kappa shape index (κ3) is 3.07. The van der Waals surface area contributed by atoms with Crippen LogP contribution in [-0.2, 0) is 4.79 Å². The molecular weight excluding hydrogens is 246 g/mol. The standard InChI is InChI=1S/C13H15N3OS/c1-9-4-3-5-10(2)12(9)16-11(17)8-15-13-14-6-7-18-13/h3-7H,8H2,1-2H3,(H,14,15)(H,16,17). The minimum Gasteiger partial charge on any atom is -0.352 e. The first-order valence-corrected chi connectivity index (χ1v) is 6.54. The van der Waals surface area contributed by atoms with Crippen molar-refractivity contribution in [1.29, 1.82) is 0 Å². The number of anilines is 2. The highest BCUT2D eigenvalue weighted by Gasteiger charge is 2.07. The first kappa shape index (κ1) is 12.6. The summed E-state index contributed by atoms with van der Waals surface area (Å²) in [4.78, 5) is 15.9. The molecule has 2 rings (SSSR count). The van der Waals surface area contributed by atoms with Crippen molar-refractivity contribution >= 4 is 28.1 Å². The molecule has 1 amide bonds. The molecule has 0 spiro atoms. The summed E-state index contributed by atoms with van der Waals surface area (Å²) in [7, 11) is 0. The SMILES string of the molecule is Cc1cccc(C)c1NC(=O)CNc1nccs1. The highest BCUT2D eigenvalue weighted by molar-refractivity contribution is 7.13. The average molecular weight is 261 g/mol. The Morgan fingerprint density at radius 3 is 2.67 bits per heavy atom. The predicted octanol–water partition coefficient (Wildman–Crippen LogP) is 2.81. The molecule has 18 heavy (non-hydrogen) atoms. The Morgan fingerprint density at radius 2 is 2.06 bits per heavy atom. The molecule has 0 unspecified atom stereocenters. The van der Waals surface area contributed by atoms with Gasteiger partial charge in [-0.05, 0) is 25.0 Å². The molecular formula is C13H15N3OS. The zero-order chi connectivity index (χ0) is 13.0. The Morgan fingerprint density at radius 1 is 1.33 bits per heavy atom. The van der Waals surface area contributed by atoms with E-state index in [0.717, 1.165) is 21.9 Å². The quantitative estimate of drug-likeness (QED) is 0.889. The maximum absolute atomic E-state index is 11.8. The summed E-state index contributed by atoms with van der Waals surface area (Å²) in [6.45, 7) is 4.19. The number of para-hydroxylation sites is 1. The Labute approximate surface area is 110 Å². The van der Waals surface area contributed by atoms with Gasteiger partial charge in [0.15, 0.2) is 5.13 Å². The first-order valence-electron chi connectivity index (χ1n) is 5.66. The van der Waals surface area contributed by atoms with Crippen LogP contribution in [0.1, 0.15) is 11.1 Å². The lowest BCUT2D eigenvalue weighted by Gasteiger charge is -2.11. The van der Waals surface area contributed by atoms with Gasteiger partial charge in [-0.25, -0.2) is 4.98 Å². The molecule has 0 saturated carbocycles. The maximum atomic E-state index is 11.8. The van der Waals surface area contributed by atoms with Crippen LogP contribution < -0.4 is 10.6 Å². The summed E-state index contributed by atoms with van der Waals surface area (Å²) >= 11 is 1.48. The van der Waals surface area contributed by atoms with Crippen LogP contribution in [0.15, 0.2) is 29.8 Å². The smallest absolute Gasteiger partial charge is 0.243 e. The van der Waals surface area contributed by atoms with E-state index in [1.807, 2.05) is 37.4 Å². The van der Waals surface area contributed by atoms with Gasteiger partial charge in [-0.2, -0.15) is 0 Å². The lowest BCUT2D eigenvalue weighted by Crippen LogP contribution is -2.22. The molecule has 2 aromatic rings. The molecule has 5 heteroatoms. The summed E-state index contributed by atoms with van der Waals surface area (Å²) in [6.07, 6.45) is 1.70. The fourth-order valence-electron chi connectivity index (χ4n) is 1.66. The van der Waals surface area contributed by atoms with Gasteiger partial charge in [0.25, 0.3) is 0 Å². The number of aryl methyl sites for hydroxylation is 2. The number of hydrogen-bond donors (Lipinski definition) is 2. The van der Waals surface area contributed by atoms with Crippen LogP contribution >= 0.6 is 11.3 Å². The van der Waals surface area contributed by atoms with Crippen LogP contribution in [0, 0.1) is 13.8 Å². The highest BCUT2D eigenvalue weighted by Crippen LogP contribution is 2.19. The number of nitrogens with one attached hydrogen (secondary N) is 2. The number of carbonyl (C=O) groups excluding carboxylic acids is 1. The summed E-state index contributed by atoms with van der Waals surface area (Å²) in [6, 6.07) is 5.95. The topological polar surface area (TPSA) is 54.0 Å². The summed E-state index contributed by atoms with van der Waals surface area (Å²) in [5.41, 5.74) is 3.03. The average Bonchev–Trinajstić information content (AvgIpc) is 2.84. The van der Waals surface area contributed by atoms with Gasteiger partial charge in [0.2, 0.25) is 5.91 Å². The molecule has 1 aromatic carbocycles. The minimum absolute atomic E-state index is 0.0670. The number of amides is 1. The Bertz CT molecular complexity index is 517. The van der Waals surface area contributed by atoms with Crippen molar-refractivity contribution in [2.75, 3.05) is 17.2 Å². The van der Waals surface area contributed by atoms with E-state index in [9.17, 15) is 4.79 Å². The number of hydrogen-bond acceptors (Lipinski definition) is 4. The van der Waals surface area contributed by atoms with Crippen molar-refractivity contribution in [2.24, 2.45) is 0 Å². The van der Waals surface area contributed by atoms with Crippen molar-refractivity contribution in [1.82, 2.24) is 4.98 Å². The number of benzene rings is 1. The second-order valence-electron chi connectivity index (χ2n) is 4.01. The molecule has 0 fully saturated rings. The van der Waals surface area contributed by atoms with Gasteiger partial charge in [0.05, 0.1) is 6.54 Å². The van der Waals surface area contributed by atoms with Crippen molar-refractivity contribution in [2.45, 2.75) is 13.8 Å². The number of aromatic nitrogens is 1. The highest BCUT2D eigenvalue weighted by atomic mass is 32.1. The van der Waals surface area contributed by atoms with E-state index in [1.54, 1.807) is 6.20 Å². The van der Waals surface area contributed by atoms with Gasteiger partial charge in [-0.1, -0.05) is 18.2 Å². The second kappa shape index (κ2) is 5.64. The molecule has 0 radical (unpaired) electrons. The van der Waals surface area contributed by atoms with E-state index >= 15 is 0 Å². The lowest BCUT2D eigenvalue weighted by molar-refractivity contribution is -0.114. The zero-order valence-electron chi connectivity index (χ0n) is 10.4. The number of thiazole rings is 1. The second-order valence-corrected chi connectivity index (χ2v) is 4.90. The van der Waals surface area contributed by atoms with Crippen molar-refractivity contribution < 1.29 is 4.79 Å². The summed E-state index contributed by atoms with van der Waals surface area (Å²) < 4.78 is 0. The van der Waals surface area contributed by atoms with E-state index in [-0.39, 0.29) is 12.5 Å². The minimum atomic E-state index is -0.0670. The molecule has 4 nitrogen and oxygen atoms in total. The van der Waals surface area contributed by atoms with Crippen molar-refractivity contribution in [3.05, 3.63) is 40.9 Å². The third-order valence-electron chi connectivity index (χ3n) is 2.58. The van der Waals surface area contributed by atoms with Crippen LogP contribution in [0.3, 0.4) is 0 Å². The maximum Gasteiger partial charge on any atom is 0.243 e. The first-order chi connectivity index (χ1) is 8.66. The zero-order valence-corrected chi connectivity index (χ0v) is 11.2. The number of carbonyl (C=O) groups is 1. The molecule has 0 aliphatic carbocycles. The molecule has 0 bridgehead atoms. The van der Waals surface area contributed by atoms with Crippen LogP contribution in [-0.4, -0.2) is 17.4 Å². The molecule has 0 aliphatic rings. The molecule has 1 aromatic heterocycles. The van der Waals surface area contributed by atoms with Crippen molar-refractivity contribution in [3.63, 3.8) is 0 Å². The molecule has 2 N–H and O–H groups in total. The van der Waals surface area contributed by atoms with Gasteiger partial charge in [-0.3, -0.25) is 4.79 Å². The predicted molar refractivity (Wildman–Crippen MR) is 75.1 cm³/mol. The normalized spacial score (nSPS) is 10.1. The van der Waals surface area contributed by atoms with E-state index in [0.29, 0.717) is 0 Å². The Balaban J connectivity index is 1.95. The third-order valence-corrected chi connectivity index (χ3v) is 3.31. The van der Waals surface area contributed by atoms with E-state index < -0.39 is 0 Å². The molecule has 0 atom stereocenters. The number of nitrogens with zero attached hydrogens (tertiary/aromatic N) is 1. The van der Waals surface area contributed by atoms with Gasteiger partial charge >= 0.3 is 0 Å². The van der Waals surface area contributed by atoms with Crippen molar-refractivity contribution in [3.8, 4) is 0 Å². The van der Waals surface area contributed by atoms with Gasteiger partial charge in [-0.15, -0.1) is 11.3 Å². The van der Waals surface area contributed by atoms with Crippen LogP contribution in [0.25, 0.3) is 0 Å². The van der Waals surface area contributed by atoms with Crippen LogP contribution in [0.5, 0.6) is 0 Å². The monoisotopic (exact) mass is 261 g/mol. The number of rotatable bonds is 4. The fourth-order valence-corrected chi connectivity index (χ4v) is 2.19. The van der Waals surface area contributed by atoms with E-state index in [1.165, 1.54) is 11.3 Å². The largest absolute Gasteiger partial charge is 0.352 e. The summed E-state index contributed by atoms with van der Waals surface area (Å²) in [5, 5.41) is 8.52. The molecule has 0 aliphatic heterocycles. The van der Waals surface area contributed by atoms with Gasteiger partial charge in [0.1, 0.15) is 0 Å². The molecule has 0 saturated heterocycles. The van der Waals surface area contributed by atoms with Gasteiger partial charge < -0.3 is 10.6 Å². The summed E-state index contributed by atoms with van der Waals surface area (Å²) in [5.74, 6) is -0.0670. The van der Waals surface area contributed by atoms with E-state index in [2.05, 4.69) is 15.6 Å². The van der Waals surface area contributed by atoms with Crippen LogP contribution in [0.4, 0.5) is 10.8 Å². The fraction of sp³-hybridized carbons (Fsp3) is 0.231.